The lowest BCUT2D eigenvalue weighted by Gasteiger charge is -2.02. The molecule has 4 rings (SSSR count). The molecule has 0 radical (unpaired) electrons. The Bertz CT molecular complexity index is 979. The number of imidazole rings is 1. The lowest BCUT2D eigenvalue weighted by atomic mass is 10.3. The Labute approximate surface area is 154 Å². The summed E-state index contributed by atoms with van der Waals surface area (Å²) in [6.45, 7) is 0.506. The molecule has 126 valence electrons. The highest BCUT2D eigenvalue weighted by Gasteiger charge is 2.09. The predicted octanol–water partition coefficient (Wildman–Crippen LogP) is 4.90. The van der Waals surface area contributed by atoms with Crippen molar-refractivity contribution in [3.63, 3.8) is 0 Å². The molecule has 0 saturated carbocycles. The highest BCUT2D eigenvalue weighted by Crippen LogP contribution is 2.26. The maximum Gasteiger partial charge on any atom is 0.169 e. The molecule has 2 aromatic carbocycles. The topological polar surface area (TPSA) is 39.9 Å². The predicted molar refractivity (Wildman–Crippen MR) is 103 cm³/mol. The monoisotopic (exact) mass is 367 g/mol. The lowest BCUT2D eigenvalue weighted by Crippen LogP contribution is -1.95. The average molecular weight is 367 g/mol. The first-order valence-corrected chi connectivity index (χ1v) is 9.81. The summed E-state index contributed by atoms with van der Waals surface area (Å²) in [6, 6.07) is 18.0. The van der Waals surface area contributed by atoms with E-state index < -0.39 is 0 Å². The van der Waals surface area contributed by atoms with Crippen molar-refractivity contribution in [2.75, 3.05) is 0 Å². The molecule has 4 nitrogen and oxygen atoms in total. The van der Waals surface area contributed by atoms with Gasteiger partial charge in [0.15, 0.2) is 5.16 Å². The summed E-state index contributed by atoms with van der Waals surface area (Å²) < 4.78 is 7.88. The van der Waals surface area contributed by atoms with Gasteiger partial charge in [0.2, 0.25) is 0 Å². The van der Waals surface area contributed by atoms with Crippen molar-refractivity contribution in [1.82, 2.24) is 14.5 Å². The second-order valence-electron chi connectivity index (χ2n) is 5.57. The normalized spacial score (nSPS) is 11.1. The van der Waals surface area contributed by atoms with Gasteiger partial charge in [-0.2, -0.15) is 0 Å². The van der Waals surface area contributed by atoms with Crippen molar-refractivity contribution in [2.24, 2.45) is 7.05 Å². The zero-order valence-corrected chi connectivity index (χ0v) is 15.4. The summed E-state index contributed by atoms with van der Waals surface area (Å²) in [5, 5.41) is 4.10. The average Bonchev–Trinajstić information content (AvgIpc) is 3.24. The summed E-state index contributed by atoms with van der Waals surface area (Å²) in [7, 11) is 2.05. The first kappa shape index (κ1) is 16.2. The molecule has 2 heterocycles. The van der Waals surface area contributed by atoms with Gasteiger partial charge in [-0.3, -0.25) is 0 Å². The van der Waals surface area contributed by atoms with Crippen LogP contribution in [0.5, 0.6) is 5.75 Å². The molecule has 0 N–H and O–H groups in total. The zero-order valence-electron chi connectivity index (χ0n) is 13.8. The largest absolute Gasteiger partial charge is 0.486 e. The number of thioether (sulfide) groups is 1. The molecule has 2 aromatic heterocycles. The van der Waals surface area contributed by atoms with Gasteiger partial charge in [-0.05, 0) is 24.3 Å². The van der Waals surface area contributed by atoms with E-state index >= 15 is 0 Å². The summed E-state index contributed by atoms with van der Waals surface area (Å²) in [5.41, 5.74) is 3.25. The van der Waals surface area contributed by atoms with E-state index in [2.05, 4.69) is 33.0 Å². The maximum absolute atomic E-state index is 5.75. The van der Waals surface area contributed by atoms with E-state index in [1.807, 2.05) is 48.5 Å². The van der Waals surface area contributed by atoms with Gasteiger partial charge < -0.3 is 9.30 Å². The van der Waals surface area contributed by atoms with E-state index in [1.54, 1.807) is 23.1 Å². The third-order valence-corrected chi connectivity index (χ3v) is 5.73. The fourth-order valence-corrected chi connectivity index (χ4v) is 4.22. The van der Waals surface area contributed by atoms with Crippen molar-refractivity contribution < 1.29 is 4.74 Å². The fraction of sp³-hybridized carbons (Fsp3) is 0.158. The molecule has 0 aliphatic rings. The first-order valence-electron chi connectivity index (χ1n) is 7.95. The number of aryl methyl sites for hydroxylation is 1. The smallest absolute Gasteiger partial charge is 0.169 e. The van der Waals surface area contributed by atoms with Crippen molar-refractivity contribution in [3.8, 4) is 5.75 Å². The van der Waals surface area contributed by atoms with Crippen molar-refractivity contribution in [3.05, 3.63) is 70.7 Å². The quantitative estimate of drug-likeness (QED) is 0.454. The molecule has 0 fully saturated rings. The van der Waals surface area contributed by atoms with E-state index in [4.69, 9.17) is 4.74 Å². The Kier molecular flexibility index (Phi) is 4.72. The number of benzene rings is 2. The maximum atomic E-state index is 5.75. The Morgan fingerprint density at radius 2 is 1.84 bits per heavy atom. The van der Waals surface area contributed by atoms with Crippen LogP contribution in [0.1, 0.15) is 10.7 Å². The van der Waals surface area contributed by atoms with Gasteiger partial charge in [-0.1, -0.05) is 42.1 Å². The van der Waals surface area contributed by atoms with E-state index in [-0.39, 0.29) is 0 Å². The van der Waals surface area contributed by atoms with E-state index in [0.717, 1.165) is 38.4 Å². The molecule has 0 amide bonds. The lowest BCUT2D eigenvalue weighted by molar-refractivity contribution is 0.305. The highest BCUT2D eigenvalue weighted by atomic mass is 32.2. The van der Waals surface area contributed by atoms with Crippen LogP contribution < -0.4 is 4.74 Å². The van der Waals surface area contributed by atoms with E-state index in [1.165, 1.54) is 0 Å². The number of thiazole rings is 1. The van der Waals surface area contributed by atoms with E-state index in [9.17, 15) is 0 Å². The van der Waals surface area contributed by atoms with Gasteiger partial charge >= 0.3 is 0 Å². The number of para-hydroxylation sites is 3. The van der Waals surface area contributed by atoms with Crippen molar-refractivity contribution in [2.45, 2.75) is 17.5 Å². The van der Waals surface area contributed by atoms with Crippen LogP contribution in [-0.2, 0) is 19.4 Å². The molecule has 0 aliphatic carbocycles. The molecular weight excluding hydrogens is 350 g/mol. The highest BCUT2D eigenvalue weighted by molar-refractivity contribution is 7.98. The summed E-state index contributed by atoms with van der Waals surface area (Å²) in [5.74, 6) is 1.67. The standard InChI is InChI=1S/C19H17N3OS2/c1-22-17-10-6-5-9-16(17)21-19(22)25-13-14-12-24-18(20-14)11-23-15-7-3-2-4-8-15/h2-10,12H,11,13H2,1H3. The number of fused-ring (bicyclic) bond motifs is 1. The molecular formula is C19H17N3OS2. The summed E-state index contributed by atoms with van der Waals surface area (Å²) in [4.78, 5) is 9.35. The minimum Gasteiger partial charge on any atom is -0.486 e. The summed E-state index contributed by atoms with van der Waals surface area (Å²) in [6.07, 6.45) is 0. The van der Waals surface area contributed by atoms with Crippen LogP contribution >= 0.6 is 23.1 Å². The molecule has 4 aromatic rings. The van der Waals surface area contributed by atoms with Crippen LogP contribution in [0.25, 0.3) is 11.0 Å². The van der Waals surface area contributed by atoms with Crippen LogP contribution in [0.4, 0.5) is 0 Å². The Morgan fingerprint density at radius 3 is 2.68 bits per heavy atom. The van der Waals surface area contributed by atoms with Crippen LogP contribution in [0.2, 0.25) is 0 Å². The van der Waals surface area contributed by atoms with Gasteiger partial charge in [0.1, 0.15) is 17.4 Å². The number of aromatic nitrogens is 3. The van der Waals surface area contributed by atoms with Gasteiger partial charge in [0.05, 0.1) is 16.7 Å². The Balaban J connectivity index is 1.38. The molecule has 0 saturated heterocycles. The molecule has 0 bridgehead atoms. The second kappa shape index (κ2) is 7.29. The molecule has 0 spiro atoms. The SMILES string of the molecule is Cn1c(SCc2csc(COc3ccccc3)n2)nc2ccccc21. The number of ether oxygens (including phenoxy) is 1. The second-order valence-corrected chi connectivity index (χ2v) is 7.45. The van der Waals surface area contributed by atoms with Crippen LogP contribution in [-0.4, -0.2) is 14.5 Å². The number of hydrogen-bond acceptors (Lipinski definition) is 5. The number of rotatable bonds is 6. The number of hydrogen-bond donors (Lipinski definition) is 0. The minimum absolute atomic E-state index is 0.506. The first-order chi connectivity index (χ1) is 12.3. The molecule has 0 atom stereocenters. The van der Waals surface area contributed by atoms with Gasteiger partial charge in [0, 0.05) is 18.2 Å². The van der Waals surface area contributed by atoms with Crippen LogP contribution in [0.3, 0.4) is 0 Å². The minimum atomic E-state index is 0.506. The van der Waals surface area contributed by atoms with Crippen molar-refractivity contribution >= 4 is 34.1 Å². The summed E-state index contributed by atoms with van der Waals surface area (Å²) >= 11 is 3.35. The van der Waals surface area contributed by atoms with Gasteiger partial charge in [-0.15, -0.1) is 11.3 Å². The third kappa shape index (κ3) is 3.70. The molecule has 25 heavy (non-hydrogen) atoms. The van der Waals surface area contributed by atoms with Crippen LogP contribution in [0, 0.1) is 0 Å². The Hall–Kier alpha value is -2.31. The van der Waals surface area contributed by atoms with Crippen LogP contribution in [0.15, 0.2) is 65.1 Å². The Morgan fingerprint density at radius 1 is 1.04 bits per heavy atom. The molecule has 0 unspecified atom stereocenters. The number of nitrogens with zero attached hydrogens (tertiary/aromatic N) is 3. The van der Waals surface area contributed by atoms with Gasteiger partial charge in [-0.25, -0.2) is 9.97 Å². The third-order valence-electron chi connectivity index (χ3n) is 3.80. The van der Waals surface area contributed by atoms with Crippen molar-refractivity contribution in [1.29, 1.82) is 0 Å². The molecule has 0 aliphatic heterocycles. The van der Waals surface area contributed by atoms with Gasteiger partial charge in [0.25, 0.3) is 0 Å². The fourth-order valence-electron chi connectivity index (χ4n) is 2.53. The molecule has 6 heteroatoms. The van der Waals surface area contributed by atoms with E-state index in [0.29, 0.717) is 6.61 Å². The zero-order chi connectivity index (χ0) is 17.1.